The van der Waals surface area contributed by atoms with E-state index in [1.54, 1.807) is 43.4 Å². The standard InChI is InChI=1S/C14H22N4O3/c1-20-10-9-18(8-7-13(15)16)14(19)17-11-3-5-12(21-2)6-4-11/h3-6H,7-10H2,1-2H3,(H3,15,16)(H,17,19). The third-order valence-corrected chi connectivity index (χ3v) is 2.84. The van der Waals surface area contributed by atoms with Crippen LogP contribution in [0.25, 0.3) is 0 Å². The smallest absolute Gasteiger partial charge is 0.321 e. The number of anilines is 1. The average molecular weight is 294 g/mol. The van der Waals surface area contributed by atoms with Gasteiger partial charge >= 0.3 is 6.03 Å². The van der Waals surface area contributed by atoms with E-state index in [4.69, 9.17) is 20.6 Å². The second-order valence-corrected chi connectivity index (χ2v) is 4.41. The van der Waals surface area contributed by atoms with Crippen molar-refractivity contribution in [3.63, 3.8) is 0 Å². The first kappa shape index (κ1) is 16.8. The number of carbonyl (C=O) groups excluding carboxylic acids is 1. The summed E-state index contributed by atoms with van der Waals surface area (Å²) in [6.07, 6.45) is 0.333. The molecule has 0 fully saturated rings. The number of methoxy groups -OCH3 is 2. The highest BCUT2D eigenvalue weighted by Gasteiger charge is 2.13. The van der Waals surface area contributed by atoms with E-state index in [-0.39, 0.29) is 11.9 Å². The van der Waals surface area contributed by atoms with Crippen LogP contribution in [0.15, 0.2) is 24.3 Å². The summed E-state index contributed by atoms with van der Waals surface area (Å²) >= 11 is 0. The van der Waals surface area contributed by atoms with Crippen LogP contribution in [0, 0.1) is 5.41 Å². The number of rotatable bonds is 8. The number of nitrogens with one attached hydrogen (secondary N) is 2. The Balaban J connectivity index is 2.62. The lowest BCUT2D eigenvalue weighted by atomic mass is 10.3. The molecule has 7 nitrogen and oxygen atoms in total. The molecule has 21 heavy (non-hydrogen) atoms. The highest BCUT2D eigenvalue weighted by atomic mass is 16.5. The predicted molar refractivity (Wildman–Crippen MR) is 82.0 cm³/mol. The normalized spacial score (nSPS) is 10.0. The topological polar surface area (TPSA) is 101 Å². The van der Waals surface area contributed by atoms with Gasteiger partial charge in [0.2, 0.25) is 0 Å². The van der Waals surface area contributed by atoms with Gasteiger partial charge in [0.05, 0.1) is 19.6 Å². The van der Waals surface area contributed by atoms with Crippen LogP contribution in [-0.2, 0) is 4.74 Å². The minimum atomic E-state index is -0.251. The lowest BCUT2D eigenvalue weighted by Crippen LogP contribution is -2.39. The van der Waals surface area contributed by atoms with Gasteiger partial charge in [-0.25, -0.2) is 4.79 Å². The number of amidine groups is 1. The fraction of sp³-hybridized carbons (Fsp3) is 0.429. The Morgan fingerprint density at radius 2 is 1.95 bits per heavy atom. The SMILES string of the molecule is COCCN(CCC(=N)N)C(=O)Nc1ccc(OC)cc1. The number of carbonyl (C=O) groups is 1. The monoisotopic (exact) mass is 294 g/mol. The van der Waals surface area contributed by atoms with E-state index in [9.17, 15) is 4.79 Å². The largest absolute Gasteiger partial charge is 0.497 e. The quantitative estimate of drug-likeness (QED) is 0.499. The van der Waals surface area contributed by atoms with Gasteiger partial charge in [-0.3, -0.25) is 5.41 Å². The Labute approximate surface area is 124 Å². The van der Waals surface area contributed by atoms with E-state index in [0.717, 1.165) is 5.75 Å². The first-order chi connectivity index (χ1) is 10.1. The summed E-state index contributed by atoms with van der Waals surface area (Å²) in [7, 11) is 3.16. The molecule has 0 aliphatic carbocycles. The van der Waals surface area contributed by atoms with Gasteiger partial charge in [-0.1, -0.05) is 0 Å². The number of benzene rings is 1. The van der Waals surface area contributed by atoms with Crippen LogP contribution in [0.5, 0.6) is 5.75 Å². The van der Waals surface area contributed by atoms with Crippen LogP contribution in [0.4, 0.5) is 10.5 Å². The fourth-order valence-electron chi connectivity index (χ4n) is 1.65. The zero-order chi connectivity index (χ0) is 15.7. The van der Waals surface area contributed by atoms with Crippen molar-refractivity contribution in [2.45, 2.75) is 6.42 Å². The van der Waals surface area contributed by atoms with Crippen molar-refractivity contribution in [1.29, 1.82) is 5.41 Å². The summed E-state index contributed by atoms with van der Waals surface area (Å²) in [5.41, 5.74) is 6.01. The highest BCUT2D eigenvalue weighted by Crippen LogP contribution is 2.15. The predicted octanol–water partition coefficient (Wildman–Crippen LogP) is 1.50. The maximum Gasteiger partial charge on any atom is 0.321 e. The van der Waals surface area contributed by atoms with Crippen LogP contribution < -0.4 is 15.8 Å². The van der Waals surface area contributed by atoms with E-state index in [1.807, 2.05) is 0 Å². The number of hydrogen-bond acceptors (Lipinski definition) is 4. The molecule has 1 aromatic rings. The van der Waals surface area contributed by atoms with E-state index >= 15 is 0 Å². The number of ether oxygens (including phenoxy) is 2. The molecule has 0 saturated heterocycles. The Bertz CT molecular complexity index is 462. The highest BCUT2D eigenvalue weighted by molar-refractivity contribution is 5.89. The molecule has 0 saturated carbocycles. The van der Waals surface area contributed by atoms with Crippen LogP contribution >= 0.6 is 0 Å². The summed E-state index contributed by atoms with van der Waals surface area (Å²) in [4.78, 5) is 13.8. The van der Waals surface area contributed by atoms with Crippen LogP contribution in [0.2, 0.25) is 0 Å². The number of nitrogens with zero attached hydrogens (tertiary/aromatic N) is 1. The zero-order valence-electron chi connectivity index (χ0n) is 12.4. The molecule has 0 atom stereocenters. The average Bonchev–Trinajstić information content (AvgIpc) is 2.47. The second kappa shape index (κ2) is 8.80. The molecule has 4 N–H and O–H groups in total. The molecule has 0 aliphatic heterocycles. The lowest BCUT2D eigenvalue weighted by Gasteiger charge is -2.22. The number of urea groups is 1. The molecule has 0 aliphatic rings. The summed E-state index contributed by atoms with van der Waals surface area (Å²) in [6, 6.07) is 6.81. The minimum Gasteiger partial charge on any atom is -0.497 e. The molecular formula is C14H22N4O3. The van der Waals surface area contributed by atoms with Crippen LogP contribution in [0.1, 0.15) is 6.42 Å². The van der Waals surface area contributed by atoms with Gasteiger partial charge in [0.25, 0.3) is 0 Å². The molecule has 1 rings (SSSR count). The van der Waals surface area contributed by atoms with E-state index in [2.05, 4.69) is 5.32 Å². The lowest BCUT2D eigenvalue weighted by molar-refractivity contribution is 0.156. The Morgan fingerprint density at radius 3 is 2.48 bits per heavy atom. The third-order valence-electron chi connectivity index (χ3n) is 2.84. The zero-order valence-corrected chi connectivity index (χ0v) is 12.4. The molecule has 0 heterocycles. The third kappa shape index (κ3) is 6.13. The van der Waals surface area contributed by atoms with Crippen molar-refractivity contribution in [2.24, 2.45) is 5.73 Å². The van der Waals surface area contributed by atoms with Crippen LogP contribution in [-0.4, -0.2) is 50.7 Å². The number of hydrogen-bond donors (Lipinski definition) is 3. The summed E-state index contributed by atoms with van der Waals surface area (Å²) in [5.74, 6) is 0.774. The summed E-state index contributed by atoms with van der Waals surface area (Å²) in [6.45, 7) is 1.24. The Hall–Kier alpha value is -2.28. The molecule has 1 aromatic carbocycles. The van der Waals surface area contributed by atoms with Crippen molar-refractivity contribution < 1.29 is 14.3 Å². The van der Waals surface area contributed by atoms with Gasteiger partial charge in [-0.15, -0.1) is 0 Å². The van der Waals surface area contributed by atoms with Gasteiger partial charge in [0.1, 0.15) is 5.75 Å². The van der Waals surface area contributed by atoms with Gasteiger partial charge in [-0.05, 0) is 24.3 Å². The molecule has 7 heteroatoms. The second-order valence-electron chi connectivity index (χ2n) is 4.41. The molecule has 2 amide bonds. The molecule has 0 bridgehead atoms. The van der Waals surface area contributed by atoms with Crippen molar-refractivity contribution in [3.05, 3.63) is 24.3 Å². The summed E-state index contributed by atoms with van der Waals surface area (Å²) < 4.78 is 10.0. The molecule has 0 spiro atoms. The number of nitrogens with two attached hydrogens (primary N) is 1. The summed E-state index contributed by atoms with van der Waals surface area (Å²) in [5, 5.41) is 10.0. The molecule has 0 unspecified atom stereocenters. The Morgan fingerprint density at radius 1 is 1.29 bits per heavy atom. The first-order valence-electron chi connectivity index (χ1n) is 6.58. The Kier molecular flexibility index (Phi) is 7.03. The van der Waals surface area contributed by atoms with Gasteiger partial charge in [0.15, 0.2) is 0 Å². The van der Waals surface area contributed by atoms with E-state index < -0.39 is 0 Å². The van der Waals surface area contributed by atoms with Gasteiger partial charge in [0, 0.05) is 32.3 Å². The fourth-order valence-corrected chi connectivity index (χ4v) is 1.65. The maximum absolute atomic E-state index is 12.2. The van der Waals surface area contributed by atoms with Gasteiger partial charge in [-0.2, -0.15) is 0 Å². The van der Waals surface area contributed by atoms with Crippen molar-refractivity contribution >= 4 is 17.6 Å². The van der Waals surface area contributed by atoms with Crippen molar-refractivity contribution in [2.75, 3.05) is 39.2 Å². The first-order valence-corrected chi connectivity index (χ1v) is 6.58. The van der Waals surface area contributed by atoms with E-state index in [0.29, 0.717) is 31.8 Å². The van der Waals surface area contributed by atoms with Crippen molar-refractivity contribution in [3.8, 4) is 5.75 Å². The molecular weight excluding hydrogens is 272 g/mol. The van der Waals surface area contributed by atoms with Gasteiger partial charge < -0.3 is 25.4 Å². The van der Waals surface area contributed by atoms with E-state index in [1.165, 1.54) is 0 Å². The maximum atomic E-state index is 12.2. The number of amides is 2. The van der Waals surface area contributed by atoms with Crippen molar-refractivity contribution in [1.82, 2.24) is 4.90 Å². The molecule has 0 radical (unpaired) electrons. The minimum absolute atomic E-state index is 0.0506. The molecule has 116 valence electrons. The molecule has 0 aromatic heterocycles. The van der Waals surface area contributed by atoms with Crippen LogP contribution in [0.3, 0.4) is 0 Å².